The van der Waals surface area contributed by atoms with Crippen LogP contribution in [0.4, 0.5) is 0 Å². The molecule has 0 radical (unpaired) electrons. The summed E-state index contributed by atoms with van der Waals surface area (Å²) in [6, 6.07) is 7.48. The molecule has 0 heterocycles. The van der Waals surface area contributed by atoms with E-state index in [0.29, 0.717) is 11.6 Å². The molecule has 1 aromatic carbocycles. The summed E-state index contributed by atoms with van der Waals surface area (Å²) in [5, 5.41) is 3.64. The van der Waals surface area contributed by atoms with Gasteiger partial charge in [0.1, 0.15) is 0 Å². The number of rotatable bonds is 4. The van der Waals surface area contributed by atoms with Crippen molar-refractivity contribution >= 4 is 17.6 Å². The van der Waals surface area contributed by atoms with Crippen LogP contribution in [0.2, 0.25) is 5.02 Å². The lowest BCUT2D eigenvalue weighted by atomic mass is 10.2. The number of methoxy groups -OCH3 is 1. The third kappa shape index (κ3) is 3.77. The molecule has 0 fully saturated rings. The molecule has 1 aromatic rings. The van der Waals surface area contributed by atoms with Crippen LogP contribution < -0.4 is 5.32 Å². The first-order valence-electron chi connectivity index (χ1n) is 4.24. The van der Waals surface area contributed by atoms with Gasteiger partial charge in [-0.1, -0.05) is 23.7 Å². The summed E-state index contributed by atoms with van der Waals surface area (Å²) in [4.78, 5) is 10.8. The van der Waals surface area contributed by atoms with Crippen LogP contribution in [0, 0.1) is 0 Å². The lowest BCUT2D eigenvalue weighted by molar-refractivity contribution is -0.139. The molecule has 0 aliphatic carbocycles. The second kappa shape index (κ2) is 5.62. The molecule has 0 aromatic heterocycles. The Labute approximate surface area is 88.0 Å². The normalized spacial score (nSPS) is 9.86. The third-order valence-corrected chi connectivity index (χ3v) is 1.95. The van der Waals surface area contributed by atoms with Crippen molar-refractivity contribution in [1.82, 2.24) is 5.32 Å². The molecular formula is C10H12ClNO2. The number of carbonyl (C=O) groups is 1. The number of hydrogen-bond acceptors (Lipinski definition) is 3. The molecule has 3 nitrogen and oxygen atoms in total. The molecule has 0 spiro atoms. The van der Waals surface area contributed by atoms with Gasteiger partial charge >= 0.3 is 5.97 Å². The van der Waals surface area contributed by atoms with Gasteiger partial charge in [-0.3, -0.25) is 4.79 Å². The van der Waals surface area contributed by atoms with E-state index in [2.05, 4.69) is 10.1 Å². The zero-order valence-corrected chi connectivity index (χ0v) is 8.67. The van der Waals surface area contributed by atoms with Gasteiger partial charge in [-0.2, -0.15) is 0 Å². The van der Waals surface area contributed by atoms with Crippen molar-refractivity contribution < 1.29 is 9.53 Å². The number of esters is 1. The third-order valence-electron chi connectivity index (χ3n) is 1.72. The lowest BCUT2D eigenvalue weighted by Gasteiger charge is -2.03. The highest BCUT2D eigenvalue weighted by atomic mass is 35.5. The number of benzene rings is 1. The van der Waals surface area contributed by atoms with Gasteiger partial charge in [0, 0.05) is 11.6 Å². The maximum Gasteiger partial charge on any atom is 0.319 e. The molecule has 0 aliphatic heterocycles. The topological polar surface area (TPSA) is 38.3 Å². The van der Waals surface area contributed by atoms with Crippen LogP contribution in [0.1, 0.15) is 5.56 Å². The smallest absolute Gasteiger partial charge is 0.319 e. The largest absolute Gasteiger partial charge is 0.468 e. The molecule has 1 N–H and O–H groups in total. The average Bonchev–Trinajstić information content (AvgIpc) is 2.17. The minimum absolute atomic E-state index is 0.211. The zero-order chi connectivity index (χ0) is 10.4. The van der Waals surface area contributed by atoms with Crippen LogP contribution >= 0.6 is 11.6 Å². The Hall–Kier alpha value is -1.06. The standard InChI is InChI=1S/C10H12ClNO2/c1-14-10(13)7-12-6-8-3-2-4-9(11)5-8/h2-5,12H,6-7H2,1H3. The second-order valence-electron chi connectivity index (χ2n) is 2.81. The van der Waals surface area contributed by atoms with Crippen molar-refractivity contribution in [1.29, 1.82) is 0 Å². The lowest BCUT2D eigenvalue weighted by Crippen LogP contribution is -2.23. The summed E-state index contributed by atoms with van der Waals surface area (Å²) in [6.07, 6.45) is 0. The Bertz CT molecular complexity index is 315. The monoisotopic (exact) mass is 213 g/mol. The minimum Gasteiger partial charge on any atom is -0.468 e. The molecule has 0 atom stereocenters. The first-order valence-corrected chi connectivity index (χ1v) is 4.62. The highest BCUT2D eigenvalue weighted by Gasteiger charge is 1.99. The van der Waals surface area contributed by atoms with Gasteiger partial charge < -0.3 is 10.1 Å². The average molecular weight is 214 g/mol. The quantitative estimate of drug-likeness (QED) is 0.773. The predicted molar refractivity (Wildman–Crippen MR) is 55.2 cm³/mol. The number of nitrogens with one attached hydrogen (secondary N) is 1. The summed E-state index contributed by atoms with van der Waals surface area (Å²) in [7, 11) is 1.36. The molecule has 0 saturated carbocycles. The van der Waals surface area contributed by atoms with Gasteiger partial charge in [0.05, 0.1) is 13.7 Å². The number of halogens is 1. The SMILES string of the molecule is COC(=O)CNCc1cccc(Cl)c1. The summed E-state index contributed by atoms with van der Waals surface area (Å²) in [6.45, 7) is 0.818. The molecule has 4 heteroatoms. The van der Waals surface area contributed by atoms with E-state index in [1.165, 1.54) is 7.11 Å². The van der Waals surface area contributed by atoms with E-state index in [1.807, 2.05) is 24.3 Å². The zero-order valence-electron chi connectivity index (χ0n) is 7.92. The fraction of sp³-hybridized carbons (Fsp3) is 0.300. The van der Waals surface area contributed by atoms with E-state index < -0.39 is 0 Å². The summed E-state index contributed by atoms with van der Waals surface area (Å²) in [5.41, 5.74) is 1.04. The van der Waals surface area contributed by atoms with Crippen molar-refractivity contribution in [2.75, 3.05) is 13.7 Å². The highest BCUT2D eigenvalue weighted by Crippen LogP contribution is 2.09. The first kappa shape index (κ1) is 11.0. The maximum absolute atomic E-state index is 10.8. The van der Waals surface area contributed by atoms with E-state index in [0.717, 1.165) is 5.56 Å². The fourth-order valence-electron chi connectivity index (χ4n) is 1.03. The van der Waals surface area contributed by atoms with Crippen LogP contribution in [0.15, 0.2) is 24.3 Å². The van der Waals surface area contributed by atoms with Gasteiger partial charge in [-0.05, 0) is 17.7 Å². The first-order chi connectivity index (χ1) is 6.72. The molecule has 1 rings (SSSR count). The van der Waals surface area contributed by atoms with Gasteiger partial charge in [-0.25, -0.2) is 0 Å². The molecule has 0 aliphatic rings. The van der Waals surface area contributed by atoms with Crippen LogP contribution in [-0.2, 0) is 16.1 Å². The molecule has 0 bridgehead atoms. The van der Waals surface area contributed by atoms with Gasteiger partial charge in [0.2, 0.25) is 0 Å². The van der Waals surface area contributed by atoms with Crippen LogP contribution in [0.5, 0.6) is 0 Å². The molecule has 76 valence electrons. The van der Waals surface area contributed by atoms with E-state index in [9.17, 15) is 4.79 Å². The Kier molecular flexibility index (Phi) is 4.43. The summed E-state index contributed by atoms with van der Waals surface area (Å²) in [5.74, 6) is -0.271. The van der Waals surface area contributed by atoms with Crippen LogP contribution in [0.3, 0.4) is 0 Å². The van der Waals surface area contributed by atoms with Crippen molar-refractivity contribution in [2.45, 2.75) is 6.54 Å². The van der Waals surface area contributed by atoms with Crippen LogP contribution in [0.25, 0.3) is 0 Å². The minimum atomic E-state index is -0.271. The van der Waals surface area contributed by atoms with E-state index >= 15 is 0 Å². The fourth-order valence-corrected chi connectivity index (χ4v) is 1.24. The number of ether oxygens (including phenoxy) is 1. The van der Waals surface area contributed by atoms with Gasteiger partial charge in [-0.15, -0.1) is 0 Å². The molecular weight excluding hydrogens is 202 g/mol. The van der Waals surface area contributed by atoms with Crippen molar-refractivity contribution in [3.05, 3.63) is 34.9 Å². The molecule has 0 saturated heterocycles. The van der Waals surface area contributed by atoms with Gasteiger partial charge in [0.25, 0.3) is 0 Å². The predicted octanol–water partition coefficient (Wildman–Crippen LogP) is 1.60. The summed E-state index contributed by atoms with van der Waals surface area (Å²) >= 11 is 5.79. The van der Waals surface area contributed by atoms with E-state index in [4.69, 9.17) is 11.6 Å². The van der Waals surface area contributed by atoms with Gasteiger partial charge in [0.15, 0.2) is 0 Å². The van der Waals surface area contributed by atoms with Crippen molar-refractivity contribution in [3.8, 4) is 0 Å². The van der Waals surface area contributed by atoms with E-state index in [-0.39, 0.29) is 12.5 Å². The highest BCUT2D eigenvalue weighted by molar-refractivity contribution is 6.30. The van der Waals surface area contributed by atoms with E-state index in [1.54, 1.807) is 0 Å². The molecule has 14 heavy (non-hydrogen) atoms. The summed E-state index contributed by atoms with van der Waals surface area (Å²) < 4.78 is 4.48. The Morgan fingerprint density at radius 1 is 1.57 bits per heavy atom. The molecule has 0 unspecified atom stereocenters. The Morgan fingerprint density at radius 2 is 2.36 bits per heavy atom. The van der Waals surface area contributed by atoms with Crippen molar-refractivity contribution in [3.63, 3.8) is 0 Å². The number of hydrogen-bond donors (Lipinski definition) is 1. The maximum atomic E-state index is 10.8. The Morgan fingerprint density at radius 3 is 3.00 bits per heavy atom. The Balaban J connectivity index is 2.35. The van der Waals surface area contributed by atoms with Crippen LogP contribution in [-0.4, -0.2) is 19.6 Å². The number of carbonyl (C=O) groups excluding carboxylic acids is 1. The van der Waals surface area contributed by atoms with Crippen molar-refractivity contribution in [2.24, 2.45) is 0 Å². The molecule has 0 amide bonds. The second-order valence-corrected chi connectivity index (χ2v) is 3.25.